The summed E-state index contributed by atoms with van der Waals surface area (Å²) in [4.78, 5) is 13.9. The normalized spacial score (nSPS) is 8.10. The van der Waals surface area contributed by atoms with Crippen LogP contribution in [-0.4, -0.2) is 11.3 Å². The third kappa shape index (κ3) is 2.27. The first-order valence-electron chi connectivity index (χ1n) is 2.64. The van der Waals surface area contributed by atoms with Crippen LogP contribution < -0.4 is 0 Å². The molecule has 0 bridgehead atoms. The molecular weight excluding hydrogens is 203 g/mol. The second-order valence-corrected chi connectivity index (χ2v) is 1.74. The van der Waals surface area contributed by atoms with Gasteiger partial charge in [-0.2, -0.15) is 6.07 Å². The monoisotopic (exact) mass is 209 g/mol. The van der Waals surface area contributed by atoms with Gasteiger partial charge >= 0.3 is 0 Å². The van der Waals surface area contributed by atoms with Gasteiger partial charge in [0.25, 0.3) is 0 Å². The Labute approximate surface area is 84.9 Å². The molecule has 0 aromatic carbocycles. The standard InChI is InChI=1S/C7H6NO.Y/c1-6-7(5-9)3-2-4-8-6;/h2-4H,1H3;/q-1;. The maximum absolute atomic E-state index is 10.1. The third-order valence-electron chi connectivity index (χ3n) is 1.12. The van der Waals surface area contributed by atoms with E-state index in [0.717, 1.165) is 5.69 Å². The number of rotatable bonds is 1. The molecule has 0 aliphatic heterocycles. The fourth-order valence-corrected chi connectivity index (χ4v) is 0.592. The Bertz CT molecular complexity index is 225. The molecule has 1 rings (SSSR count). The molecule has 0 aliphatic rings. The fourth-order valence-electron chi connectivity index (χ4n) is 0.592. The van der Waals surface area contributed by atoms with Crippen LogP contribution in [-0.2, 0) is 37.5 Å². The Morgan fingerprint density at radius 2 is 2.30 bits per heavy atom. The molecular formula is C7H6NOY-. The molecule has 0 aliphatic carbocycles. The van der Waals surface area contributed by atoms with E-state index in [4.69, 9.17) is 0 Å². The number of aromatic nitrogens is 1. The molecule has 0 N–H and O–H groups in total. The minimum atomic E-state index is 0. The number of aryl methyl sites for hydroxylation is 1. The minimum absolute atomic E-state index is 0. The van der Waals surface area contributed by atoms with Gasteiger partial charge in [-0.15, -0.1) is 11.6 Å². The van der Waals surface area contributed by atoms with Crippen LogP contribution in [0.4, 0.5) is 0 Å². The van der Waals surface area contributed by atoms with Crippen LogP contribution in [0.5, 0.6) is 0 Å². The van der Waals surface area contributed by atoms with Gasteiger partial charge in [0, 0.05) is 32.7 Å². The van der Waals surface area contributed by atoms with Crippen LogP contribution in [0.2, 0.25) is 0 Å². The summed E-state index contributed by atoms with van der Waals surface area (Å²) in [5, 5.41) is 0. The number of nitrogens with zero attached hydrogens (tertiary/aromatic N) is 1. The summed E-state index contributed by atoms with van der Waals surface area (Å²) < 4.78 is 0. The van der Waals surface area contributed by atoms with Crippen LogP contribution >= 0.6 is 0 Å². The van der Waals surface area contributed by atoms with E-state index >= 15 is 0 Å². The van der Waals surface area contributed by atoms with Gasteiger partial charge in [0.1, 0.15) is 0 Å². The predicted molar refractivity (Wildman–Crippen MR) is 33.8 cm³/mol. The van der Waals surface area contributed by atoms with Crippen molar-refractivity contribution in [1.29, 1.82) is 0 Å². The molecule has 0 unspecified atom stereocenters. The van der Waals surface area contributed by atoms with Crippen LogP contribution in [0.1, 0.15) is 11.3 Å². The summed E-state index contributed by atoms with van der Waals surface area (Å²) in [6.45, 7) is 1.78. The van der Waals surface area contributed by atoms with E-state index in [0.29, 0.717) is 5.56 Å². The van der Waals surface area contributed by atoms with Crippen molar-refractivity contribution in [3.63, 3.8) is 0 Å². The van der Waals surface area contributed by atoms with E-state index in [2.05, 4.69) is 4.98 Å². The first-order valence-corrected chi connectivity index (χ1v) is 2.64. The minimum Gasteiger partial charge on any atom is -0.376 e. The molecule has 2 nitrogen and oxygen atoms in total. The quantitative estimate of drug-likeness (QED) is 0.641. The summed E-state index contributed by atoms with van der Waals surface area (Å²) in [7, 11) is 0. The summed E-state index contributed by atoms with van der Waals surface area (Å²) in [5.74, 6) is 0. The van der Waals surface area contributed by atoms with E-state index < -0.39 is 0 Å². The van der Waals surface area contributed by atoms with Gasteiger partial charge in [-0.25, -0.2) is 0 Å². The molecule has 0 amide bonds. The molecule has 10 heavy (non-hydrogen) atoms. The Morgan fingerprint density at radius 3 is 2.70 bits per heavy atom. The van der Waals surface area contributed by atoms with Crippen molar-refractivity contribution in [2.45, 2.75) is 6.92 Å². The van der Waals surface area contributed by atoms with Gasteiger partial charge in [-0.1, -0.05) is 12.6 Å². The molecule has 0 saturated carbocycles. The van der Waals surface area contributed by atoms with E-state index in [1.165, 1.54) is 0 Å². The molecule has 1 aromatic rings. The summed E-state index contributed by atoms with van der Waals surface area (Å²) in [6.07, 6.45) is 3.43. The van der Waals surface area contributed by atoms with Crippen LogP contribution in [0.25, 0.3) is 0 Å². The number of pyridine rings is 1. The average Bonchev–Trinajstić information content (AvgIpc) is 1.89. The smallest absolute Gasteiger partial charge is 0.0644 e. The Morgan fingerprint density at radius 1 is 1.60 bits per heavy atom. The Hall–Kier alpha value is -0.0761. The fraction of sp³-hybridized carbons (Fsp3) is 0.143. The predicted octanol–water partition coefficient (Wildman–Crippen LogP) is 0.845. The van der Waals surface area contributed by atoms with Gasteiger partial charge in [-0.3, -0.25) is 0 Å². The van der Waals surface area contributed by atoms with Crippen molar-refractivity contribution < 1.29 is 37.5 Å². The van der Waals surface area contributed by atoms with Gasteiger partial charge in [0.2, 0.25) is 0 Å². The van der Waals surface area contributed by atoms with Gasteiger partial charge in [0.15, 0.2) is 0 Å². The van der Waals surface area contributed by atoms with Crippen molar-refractivity contribution in [3.8, 4) is 0 Å². The van der Waals surface area contributed by atoms with Crippen molar-refractivity contribution in [3.05, 3.63) is 29.6 Å². The average molecular weight is 209 g/mol. The van der Waals surface area contributed by atoms with Gasteiger partial charge < -0.3 is 9.78 Å². The SMILES string of the molecule is Cc1ncccc1[C-]=O.[Y]. The zero-order valence-electron chi connectivity index (χ0n) is 5.66. The number of hydrogen-bond acceptors (Lipinski definition) is 2. The zero-order valence-corrected chi connectivity index (χ0v) is 8.50. The van der Waals surface area contributed by atoms with Crippen molar-refractivity contribution in [2.24, 2.45) is 0 Å². The molecule has 0 atom stereocenters. The largest absolute Gasteiger partial charge is 0.376 e. The first-order chi connectivity index (χ1) is 4.34. The van der Waals surface area contributed by atoms with Gasteiger partial charge in [0.05, 0.1) is 6.29 Å². The zero-order chi connectivity index (χ0) is 6.69. The van der Waals surface area contributed by atoms with E-state index in [1.807, 2.05) is 0 Å². The summed E-state index contributed by atoms with van der Waals surface area (Å²) in [6, 6.07) is 3.41. The molecule has 0 fully saturated rings. The van der Waals surface area contributed by atoms with E-state index in [1.54, 1.807) is 31.5 Å². The number of carbonyl (C=O) groups excluding carboxylic acids is 1. The summed E-state index contributed by atoms with van der Waals surface area (Å²) in [5.41, 5.74) is 1.27. The van der Waals surface area contributed by atoms with Crippen LogP contribution in [0.15, 0.2) is 18.3 Å². The van der Waals surface area contributed by atoms with Crippen molar-refractivity contribution >= 4 is 6.29 Å². The van der Waals surface area contributed by atoms with Crippen molar-refractivity contribution in [2.75, 3.05) is 0 Å². The second-order valence-electron chi connectivity index (χ2n) is 1.74. The number of hydrogen-bond donors (Lipinski definition) is 0. The third-order valence-corrected chi connectivity index (χ3v) is 1.12. The maximum Gasteiger partial charge on any atom is 0.0644 e. The van der Waals surface area contributed by atoms with E-state index in [-0.39, 0.29) is 32.7 Å². The summed E-state index contributed by atoms with van der Waals surface area (Å²) >= 11 is 0. The second kappa shape index (κ2) is 4.70. The van der Waals surface area contributed by atoms with Gasteiger partial charge in [-0.05, 0) is 6.20 Å². The molecule has 0 saturated heterocycles. The molecule has 1 heterocycles. The van der Waals surface area contributed by atoms with Crippen LogP contribution in [0, 0.1) is 6.92 Å². The maximum atomic E-state index is 10.1. The topological polar surface area (TPSA) is 30.0 Å². The van der Waals surface area contributed by atoms with Crippen molar-refractivity contribution in [1.82, 2.24) is 4.98 Å². The first kappa shape index (κ1) is 9.92. The molecule has 3 heteroatoms. The Kier molecular flexibility index (Phi) is 4.66. The van der Waals surface area contributed by atoms with E-state index in [9.17, 15) is 4.79 Å². The molecule has 1 radical (unpaired) electrons. The molecule has 1 aromatic heterocycles. The Balaban J connectivity index is 0.000000810. The molecule has 0 spiro atoms. The van der Waals surface area contributed by atoms with Crippen LogP contribution in [0.3, 0.4) is 0 Å². The molecule has 49 valence electrons.